The molecule has 1 aliphatic heterocycles. The highest BCUT2D eigenvalue weighted by Gasteiger charge is 2.34. The summed E-state index contributed by atoms with van der Waals surface area (Å²) >= 11 is 0. The van der Waals surface area contributed by atoms with Gasteiger partial charge in [-0.3, -0.25) is 19.5 Å². The molecule has 0 saturated carbocycles. The Labute approximate surface area is 175 Å². The molecule has 6 nitrogen and oxygen atoms in total. The van der Waals surface area contributed by atoms with E-state index in [1.54, 1.807) is 31.4 Å². The predicted molar refractivity (Wildman–Crippen MR) is 117 cm³/mol. The summed E-state index contributed by atoms with van der Waals surface area (Å²) in [5.41, 5.74) is 4.06. The second-order valence-electron chi connectivity index (χ2n) is 7.49. The molecular formula is C24H25N3O3. The highest BCUT2D eigenvalue weighted by molar-refractivity contribution is 6.21. The van der Waals surface area contributed by atoms with Crippen LogP contribution in [0.25, 0.3) is 10.9 Å². The molecular weight excluding hydrogens is 378 g/mol. The van der Waals surface area contributed by atoms with E-state index in [-0.39, 0.29) is 11.8 Å². The summed E-state index contributed by atoms with van der Waals surface area (Å²) in [7, 11) is 1.66. The Morgan fingerprint density at radius 2 is 1.73 bits per heavy atom. The van der Waals surface area contributed by atoms with E-state index in [4.69, 9.17) is 4.74 Å². The number of fused-ring (bicyclic) bond motifs is 2. The van der Waals surface area contributed by atoms with Crippen molar-refractivity contribution >= 4 is 28.4 Å². The monoisotopic (exact) mass is 403 g/mol. The molecule has 0 bridgehead atoms. The first-order chi connectivity index (χ1) is 14.6. The van der Waals surface area contributed by atoms with Gasteiger partial charge >= 0.3 is 0 Å². The number of aromatic nitrogens is 1. The van der Waals surface area contributed by atoms with Crippen molar-refractivity contribution in [2.45, 2.75) is 26.2 Å². The van der Waals surface area contributed by atoms with Crippen LogP contribution in [0.1, 0.15) is 45.5 Å². The molecule has 0 aliphatic carbocycles. The maximum absolute atomic E-state index is 12.4. The van der Waals surface area contributed by atoms with Crippen molar-refractivity contribution in [2.75, 3.05) is 25.5 Å². The lowest BCUT2D eigenvalue weighted by atomic mass is 10.1. The number of imide groups is 1. The summed E-state index contributed by atoms with van der Waals surface area (Å²) < 4.78 is 5.43. The smallest absolute Gasteiger partial charge is 0.261 e. The van der Waals surface area contributed by atoms with E-state index in [1.165, 1.54) is 4.90 Å². The van der Waals surface area contributed by atoms with Crippen molar-refractivity contribution in [3.8, 4) is 5.75 Å². The van der Waals surface area contributed by atoms with Crippen LogP contribution in [0.3, 0.4) is 0 Å². The zero-order valence-corrected chi connectivity index (χ0v) is 17.3. The first-order valence-electron chi connectivity index (χ1n) is 10.2. The first kappa shape index (κ1) is 19.9. The van der Waals surface area contributed by atoms with Gasteiger partial charge in [0, 0.05) is 30.7 Å². The van der Waals surface area contributed by atoms with Gasteiger partial charge in [0.1, 0.15) is 5.75 Å². The van der Waals surface area contributed by atoms with Crippen LogP contribution in [-0.2, 0) is 0 Å². The molecule has 30 heavy (non-hydrogen) atoms. The van der Waals surface area contributed by atoms with Crippen molar-refractivity contribution in [2.24, 2.45) is 0 Å². The second-order valence-corrected chi connectivity index (χ2v) is 7.49. The molecule has 6 heteroatoms. The summed E-state index contributed by atoms with van der Waals surface area (Å²) in [5.74, 6) is 0.433. The quantitative estimate of drug-likeness (QED) is 0.445. The van der Waals surface area contributed by atoms with Gasteiger partial charge in [-0.15, -0.1) is 0 Å². The molecule has 4 rings (SSSR count). The molecule has 0 radical (unpaired) electrons. The van der Waals surface area contributed by atoms with Gasteiger partial charge in [0.25, 0.3) is 11.8 Å². The molecule has 0 atom stereocenters. The van der Waals surface area contributed by atoms with Gasteiger partial charge in [-0.2, -0.15) is 0 Å². The molecule has 2 aromatic carbocycles. The number of aryl methyl sites for hydroxylation is 1. The van der Waals surface area contributed by atoms with Crippen LogP contribution < -0.4 is 10.1 Å². The topological polar surface area (TPSA) is 71.5 Å². The number of hydrogen-bond acceptors (Lipinski definition) is 5. The van der Waals surface area contributed by atoms with Crippen molar-refractivity contribution in [1.82, 2.24) is 9.88 Å². The number of ether oxygens (including phenoxy) is 1. The average Bonchev–Trinajstić information content (AvgIpc) is 3.01. The van der Waals surface area contributed by atoms with Gasteiger partial charge in [-0.1, -0.05) is 12.1 Å². The lowest BCUT2D eigenvalue weighted by Crippen LogP contribution is -2.30. The minimum atomic E-state index is -0.182. The summed E-state index contributed by atoms with van der Waals surface area (Å²) in [4.78, 5) is 30.7. The van der Waals surface area contributed by atoms with Gasteiger partial charge in [-0.05, 0) is 56.0 Å². The maximum Gasteiger partial charge on any atom is 0.261 e. The molecule has 0 spiro atoms. The number of amides is 2. The highest BCUT2D eigenvalue weighted by atomic mass is 16.5. The second kappa shape index (κ2) is 8.53. The van der Waals surface area contributed by atoms with E-state index in [9.17, 15) is 9.59 Å². The molecule has 1 aliphatic rings. The third-order valence-corrected chi connectivity index (χ3v) is 5.52. The lowest BCUT2D eigenvalue weighted by molar-refractivity contribution is 0.0651. The van der Waals surface area contributed by atoms with Crippen molar-refractivity contribution in [3.05, 3.63) is 65.4 Å². The molecule has 2 heterocycles. The average molecular weight is 403 g/mol. The first-order valence-corrected chi connectivity index (χ1v) is 10.2. The lowest BCUT2D eigenvalue weighted by Gasteiger charge is -2.14. The van der Waals surface area contributed by atoms with E-state index < -0.39 is 0 Å². The fourth-order valence-corrected chi connectivity index (χ4v) is 3.85. The van der Waals surface area contributed by atoms with Crippen LogP contribution in [0.5, 0.6) is 5.75 Å². The third-order valence-electron chi connectivity index (χ3n) is 5.52. The number of benzene rings is 2. The number of nitrogens with one attached hydrogen (secondary N) is 1. The molecule has 3 aromatic rings. The number of methoxy groups -OCH3 is 1. The standard InChI is InChI=1S/C24H25N3O3/c1-16-10-12-26-22-20(16)14-17(30-2)15-21(22)25-11-6-3-7-13-27-23(28)18-8-4-5-9-19(18)24(27)29/h4-5,8-10,12,14-15,25H,3,6-7,11,13H2,1-2H3. The van der Waals surface area contributed by atoms with Crippen molar-refractivity contribution < 1.29 is 14.3 Å². The largest absolute Gasteiger partial charge is 0.497 e. The number of carbonyl (C=O) groups excluding carboxylic acids is 2. The number of carbonyl (C=O) groups is 2. The van der Waals surface area contributed by atoms with Crippen molar-refractivity contribution in [1.29, 1.82) is 0 Å². The van der Waals surface area contributed by atoms with E-state index in [2.05, 4.69) is 17.2 Å². The van der Waals surface area contributed by atoms with Gasteiger partial charge in [0.05, 0.1) is 29.4 Å². The van der Waals surface area contributed by atoms with Crippen LogP contribution in [0.15, 0.2) is 48.7 Å². The number of pyridine rings is 1. The molecule has 1 aromatic heterocycles. The number of nitrogens with zero attached hydrogens (tertiary/aromatic N) is 2. The number of rotatable bonds is 8. The van der Waals surface area contributed by atoms with E-state index in [0.717, 1.165) is 53.7 Å². The zero-order chi connectivity index (χ0) is 21.1. The minimum absolute atomic E-state index is 0.182. The number of unbranched alkanes of at least 4 members (excludes halogenated alkanes) is 2. The van der Waals surface area contributed by atoms with E-state index in [1.807, 2.05) is 24.4 Å². The Kier molecular flexibility index (Phi) is 5.65. The Morgan fingerprint density at radius 1 is 1.00 bits per heavy atom. The molecule has 0 fully saturated rings. The number of anilines is 1. The van der Waals surface area contributed by atoms with E-state index in [0.29, 0.717) is 17.7 Å². The van der Waals surface area contributed by atoms with Gasteiger partial charge in [0.15, 0.2) is 0 Å². The van der Waals surface area contributed by atoms with Crippen LogP contribution >= 0.6 is 0 Å². The normalized spacial score (nSPS) is 13.1. The molecule has 154 valence electrons. The summed E-state index contributed by atoms with van der Waals surface area (Å²) in [6, 6.07) is 13.0. The van der Waals surface area contributed by atoms with Crippen LogP contribution in [-0.4, -0.2) is 41.9 Å². The Bertz CT molecular complexity index is 1080. The molecule has 2 amide bonds. The summed E-state index contributed by atoms with van der Waals surface area (Å²) in [6.45, 7) is 3.29. The minimum Gasteiger partial charge on any atom is -0.497 e. The maximum atomic E-state index is 12.4. The Hall–Kier alpha value is -3.41. The fraction of sp³-hybridized carbons (Fsp3) is 0.292. The van der Waals surface area contributed by atoms with E-state index >= 15 is 0 Å². The zero-order valence-electron chi connectivity index (χ0n) is 17.3. The van der Waals surface area contributed by atoms with Crippen LogP contribution in [0.4, 0.5) is 5.69 Å². The van der Waals surface area contributed by atoms with Crippen molar-refractivity contribution in [3.63, 3.8) is 0 Å². The Morgan fingerprint density at radius 3 is 2.43 bits per heavy atom. The number of hydrogen-bond donors (Lipinski definition) is 1. The summed E-state index contributed by atoms with van der Waals surface area (Å²) in [6.07, 6.45) is 4.43. The fourth-order valence-electron chi connectivity index (χ4n) is 3.85. The SMILES string of the molecule is COc1cc(NCCCCCN2C(=O)c3ccccc3C2=O)c2nccc(C)c2c1. The van der Waals surface area contributed by atoms with Gasteiger partial charge < -0.3 is 10.1 Å². The van der Waals surface area contributed by atoms with Gasteiger partial charge in [-0.25, -0.2) is 0 Å². The predicted octanol–water partition coefficient (Wildman–Crippen LogP) is 4.43. The van der Waals surface area contributed by atoms with Gasteiger partial charge in [0.2, 0.25) is 0 Å². The Balaban J connectivity index is 1.30. The molecule has 0 unspecified atom stereocenters. The molecule has 0 saturated heterocycles. The highest BCUT2D eigenvalue weighted by Crippen LogP contribution is 2.30. The van der Waals surface area contributed by atoms with Crippen LogP contribution in [0, 0.1) is 6.92 Å². The summed E-state index contributed by atoms with van der Waals surface area (Å²) in [5, 5.41) is 4.53. The molecule has 1 N–H and O–H groups in total. The third kappa shape index (κ3) is 3.73. The van der Waals surface area contributed by atoms with Crippen LogP contribution in [0.2, 0.25) is 0 Å².